The second-order valence-corrected chi connectivity index (χ2v) is 6.02. The summed E-state index contributed by atoms with van der Waals surface area (Å²) in [6.45, 7) is 5.85. The van der Waals surface area contributed by atoms with E-state index in [1.54, 1.807) is 24.1 Å². The third-order valence-corrected chi connectivity index (χ3v) is 3.47. The SMILES string of the molecule is CNCCNS(=O)(=O)c1cn(CC(C)C)cn1. The Morgan fingerprint density at radius 3 is 2.71 bits per heavy atom. The third kappa shape index (κ3) is 4.45. The van der Waals surface area contributed by atoms with E-state index in [1.807, 2.05) is 0 Å². The molecule has 1 aromatic rings. The molecule has 0 aromatic carbocycles. The van der Waals surface area contributed by atoms with Gasteiger partial charge < -0.3 is 9.88 Å². The van der Waals surface area contributed by atoms with Gasteiger partial charge in [0.1, 0.15) is 0 Å². The van der Waals surface area contributed by atoms with Crippen molar-refractivity contribution in [2.45, 2.75) is 25.4 Å². The van der Waals surface area contributed by atoms with Crippen LogP contribution in [-0.4, -0.2) is 38.1 Å². The molecule has 0 aliphatic rings. The van der Waals surface area contributed by atoms with Crippen LogP contribution in [0.5, 0.6) is 0 Å². The minimum Gasteiger partial charge on any atom is -0.336 e. The van der Waals surface area contributed by atoms with Gasteiger partial charge in [-0.1, -0.05) is 13.8 Å². The summed E-state index contributed by atoms with van der Waals surface area (Å²) >= 11 is 0. The number of hydrogen-bond donors (Lipinski definition) is 2. The quantitative estimate of drug-likeness (QED) is 0.679. The summed E-state index contributed by atoms with van der Waals surface area (Å²) in [5.41, 5.74) is 0. The molecular weight excluding hydrogens is 240 g/mol. The summed E-state index contributed by atoms with van der Waals surface area (Å²) in [4.78, 5) is 3.91. The van der Waals surface area contributed by atoms with E-state index in [1.165, 1.54) is 0 Å². The largest absolute Gasteiger partial charge is 0.336 e. The first-order valence-electron chi connectivity index (χ1n) is 5.61. The molecule has 1 heterocycles. The summed E-state index contributed by atoms with van der Waals surface area (Å²) in [6, 6.07) is 0. The minimum absolute atomic E-state index is 0.0780. The van der Waals surface area contributed by atoms with Crippen LogP contribution < -0.4 is 10.0 Å². The second-order valence-electron chi connectivity index (χ2n) is 4.30. The van der Waals surface area contributed by atoms with Gasteiger partial charge in [-0.3, -0.25) is 0 Å². The molecule has 0 amide bonds. The highest BCUT2D eigenvalue weighted by atomic mass is 32.2. The molecule has 1 rings (SSSR count). The highest BCUT2D eigenvalue weighted by Crippen LogP contribution is 2.06. The molecule has 6 nitrogen and oxygen atoms in total. The van der Waals surface area contributed by atoms with Gasteiger partial charge in [-0.25, -0.2) is 18.1 Å². The van der Waals surface area contributed by atoms with Crippen molar-refractivity contribution in [1.29, 1.82) is 0 Å². The number of hydrogen-bond acceptors (Lipinski definition) is 4. The lowest BCUT2D eigenvalue weighted by Crippen LogP contribution is -2.30. The van der Waals surface area contributed by atoms with Gasteiger partial charge in [0.15, 0.2) is 5.03 Å². The number of aromatic nitrogens is 2. The standard InChI is InChI=1S/C10H20N4O2S/c1-9(2)6-14-7-10(12-8-14)17(15,16)13-5-4-11-3/h7-9,11,13H,4-6H2,1-3H3. The van der Waals surface area contributed by atoms with E-state index < -0.39 is 10.0 Å². The van der Waals surface area contributed by atoms with Crippen LogP contribution in [0.3, 0.4) is 0 Å². The third-order valence-electron chi connectivity index (χ3n) is 2.13. The summed E-state index contributed by atoms with van der Waals surface area (Å²) in [7, 11) is -1.70. The lowest BCUT2D eigenvalue weighted by atomic mass is 10.2. The normalized spacial score (nSPS) is 12.2. The molecule has 0 saturated carbocycles. The predicted octanol–water partition coefficient (Wildman–Crippen LogP) is 0.0368. The van der Waals surface area contributed by atoms with Crippen LogP contribution in [0.4, 0.5) is 0 Å². The second kappa shape index (κ2) is 6.13. The molecule has 1 aromatic heterocycles. The monoisotopic (exact) mass is 260 g/mol. The molecule has 7 heteroatoms. The van der Waals surface area contributed by atoms with E-state index in [4.69, 9.17) is 0 Å². The minimum atomic E-state index is -3.47. The molecule has 0 bridgehead atoms. The van der Waals surface area contributed by atoms with E-state index in [0.717, 1.165) is 6.54 Å². The number of nitrogens with zero attached hydrogens (tertiary/aromatic N) is 2. The smallest absolute Gasteiger partial charge is 0.259 e. The maximum Gasteiger partial charge on any atom is 0.259 e. The van der Waals surface area contributed by atoms with Crippen LogP contribution in [0.2, 0.25) is 0 Å². The Balaban J connectivity index is 2.68. The first kappa shape index (κ1) is 14.1. The van der Waals surface area contributed by atoms with Gasteiger partial charge in [0.25, 0.3) is 10.0 Å². The molecule has 0 atom stereocenters. The lowest BCUT2D eigenvalue weighted by Gasteiger charge is -2.05. The lowest BCUT2D eigenvalue weighted by molar-refractivity contribution is 0.521. The topological polar surface area (TPSA) is 76.0 Å². The molecule has 0 aliphatic carbocycles. The van der Waals surface area contributed by atoms with Gasteiger partial charge in [-0.15, -0.1) is 0 Å². The van der Waals surface area contributed by atoms with Crippen molar-refractivity contribution < 1.29 is 8.42 Å². The maximum atomic E-state index is 11.8. The molecule has 0 radical (unpaired) electrons. The zero-order chi connectivity index (χ0) is 12.9. The Hall–Kier alpha value is -0.920. The molecule has 0 saturated heterocycles. The van der Waals surface area contributed by atoms with E-state index in [2.05, 4.69) is 28.9 Å². The number of imidazole rings is 1. The zero-order valence-corrected chi connectivity index (χ0v) is 11.3. The first-order chi connectivity index (χ1) is 7.95. The van der Waals surface area contributed by atoms with Crippen molar-refractivity contribution in [2.75, 3.05) is 20.1 Å². The van der Waals surface area contributed by atoms with Gasteiger partial charge in [-0.2, -0.15) is 0 Å². The van der Waals surface area contributed by atoms with Crippen LogP contribution in [0.25, 0.3) is 0 Å². The molecule has 0 spiro atoms. The van der Waals surface area contributed by atoms with Crippen molar-refractivity contribution in [3.8, 4) is 0 Å². The van der Waals surface area contributed by atoms with Crippen LogP contribution in [0.1, 0.15) is 13.8 Å². The maximum absolute atomic E-state index is 11.8. The number of sulfonamides is 1. The van der Waals surface area contributed by atoms with Crippen molar-refractivity contribution in [3.05, 3.63) is 12.5 Å². The van der Waals surface area contributed by atoms with Crippen LogP contribution in [0.15, 0.2) is 17.6 Å². The molecule has 0 aliphatic heterocycles. The van der Waals surface area contributed by atoms with Crippen molar-refractivity contribution in [1.82, 2.24) is 19.6 Å². The number of likely N-dealkylation sites (N-methyl/N-ethyl adjacent to an activating group) is 1. The molecule has 2 N–H and O–H groups in total. The van der Waals surface area contributed by atoms with Crippen molar-refractivity contribution >= 4 is 10.0 Å². The molecular formula is C10H20N4O2S. The fraction of sp³-hybridized carbons (Fsp3) is 0.700. The average Bonchev–Trinajstić information content (AvgIpc) is 2.66. The highest BCUT2D eigenvalue weighted by molar-refractivity contribution is 7.89. The van der Waals surface area contributed by atoms with Gasteiger partial charge in [0.05, 0.1) is 6.33 Å². The van der Waals surface area contributed by atoms with E-state index >= 15 is 0 Å². The first-order valence-corrected chi connectivity index (χ1v) is 7.10. The van der Waals surface area contributed by atoms with Gasteiger partial charge >= 0.3 is 0 Å². The molecule has 0 unspecified atom stereocenters. The molecule has 17 heavy (non-hydrogen) atoms. The van der Waals surface area contributed by atoms with E-state index in [0.29, 0.717) is 19.0 Å². The van der Waals surface area contributed by atoms with Crippen LogP contribution >= 0.6 is 0 Å². The van der Waals surface area contributed by atoms with Crippen LogP contribution in [-0.2, 0) is 16.6 Å². The fourth-order valence-electron chi connectivity index (χ4n) is 1.38. The van der Waals surface area contributed by atoms with E-state index in [-0.39, 0.29) is 5.03 Å². The Kier molecular flexibility index (Phi) is 5.10. The Morgan fingerprint density at radius 2 is 2.12 bits per heavy atom. The van der Waals surface area contributed by atoms with Crippen molar-refractivity contribution in [2.24, 2.45) is 5.92 Å². The zero-order valence-electron chi connectivity index (χ0n) is 10.5. The summed E-state index contributed by atoms with van der Waals surface area (Å²) in [6.07, 6.45) is 3.11. The summed E-state index contributed by atoms with van der Waals surface area (Å²) in [5, 5.41) is 2.95. The Labute approximate surface area is 102 Å². The van der Waals surface area contributed by atoms with Crippen LogP contribution in [0, 0.1) is 5.92 Å². The Bertz CT molecular complexity index is 439. The average molecular weight is 260 g/mol. The van der Waals surface area contributed by atoms with Gasteiger partial charge in [0.2, 0.25) is 0 Å². The highest BCUT2D eigenvalue weighted by Gasteiger charge is 2.16. The van der Waals surface area contributed by atoms with Gasteiger partial charge in [-0.05, 0) is 13.0 Å². The van der Waals surface area contributed by atoms with E-state index in [9.17, 15) is 8.42 Å². The fourth-order valence-corrected chi connectivity index (χ4v) is 2.36. The molecule has 0 fully saturated rings. The summed E-state index contributed by atoms with van der Waals surface area (Å²) in [5.74, 6) is 0.456. The Morgan fingerprint density at radius 1 is 1.41 bits per heavy atom. The predicted molar refractivity (Wildman–Crippen MR) is 66.2 cm³/mol. The summed E-state index contributed by atoms with van der Waals surface area (Å²) < 4.78 is 27.8. The van der Waals surface area contributed by atoms with Gasteiger partial charge in [0, 0.05) is 25.8 Å². The number of rotatable bonds is 7. The number of nitrogens with one attached hydrogen (secondary N) is 2. The van der Waals surface area contributed by atoms with Crippen molar-refractivity contribution in [3.63, 3.8) is 0 Å². The molecule has 98 valence electrons.